The molecule has 0 spiro atoms. The molecule has 1 amide bonds. The van der Waals surface area contributed by atoms with Crippen molar-refractivity contribution in [1.82, 2.24) is 14.9 Å². The molecule has 0 saturated heterocycles. The zero-order chi connectivity index (χ0) is 34.2. The summed E-state index contributed by atoms with van der Waals surface area (Å²) in [5.41, 5.74) is 1.50. The molecule has 250 valence electrons. The van der Waals surface area contributed by atoms with Crippen LogP contribution in [0.2, 0.25) is 0 Å². The van der Waals surface area contributed by atoms with Crippen molar-refractivity contribution in [3.8, 4) is 11.4 Å². The topological polar surface area (TPSA) is 137 Å². The number of benzene rings is 1. The molecule has 4 heterocycles. The number of rotatable bonds is 6. The molecule has 0 bridgehead atoms. The molecule has 0 radical (unpaired) electrons. The summed E-state index contributed by atoms with van der Waals surface area (Å²) in [6.45, 7) is 12.5. The molecule has 2 N–H and O–H groups in total. The average Bonchev–Trinajstić information content (AvgIpc) is 3.39. The first-order chi connectivity index (χ1) is 22.1. The summed E-state index contributed by atoms with van der Waals surface area (Å²) < 4.78 is 27.7. The van der Waals surface area contributed by atoms with Gasteiger partial charge < -0.3 is 24.5 Å². The predicted octanol–water partition coefficient (Wildman–Crippen LogP) is 5.97. The lowest BCUT2D eigenvalue weighted by Crippen LogP contribution is -2.44. The minimum Gasteiger partial charge on any atom is -0.458 e. The molecule has 10 nitrogen and oxygen atoms in total. The molecular formula is C34H38FN3O7S2. The van der Waals surface area contributed by atoms with E-state index in [1.165, 1.54) is 21.4 Å². The van der Waals surface area contributed by atoms with E-state index >= 15 is 4.39 Å². The lowest BCUT2D eigenvalue weighted by molar-refractivity contribution is -0.172. The second-order valence-corrected chi connectivity index (χ2v) is 16.1. The maximum absolute atomic E-state index is 15.2. The average molecular weight is 684 g/mol. The normalized spacial score (nSPS) is 21.0. The van der Waals surface area contributed by atoms with Gasteiger partial charge in [-0.3, -0.25) is 9.59 Å². The van der Waals surface area contributed by atoms with Gasteiger partial charge in [-0.25, -0.2) is 19.0 Å². The molecule has 1 aromatic carbocycles. The van der Waals surface area contributed by atoms with Crippen LogP contribution < -0.4 is 10.9 Å². The van der Waals surface area contributed by atoms with Crippen molar-refractivity contribution >= 4 is 49.7 Å². The highest BCUT2D eigenvalue weighted by atomic mass is 33.1. The maximum atomic E-state index is 15.2. The fraction of sp³-hybridized carbons (Fsp3) is 0.500. The molecule has 3 aliphatic rings. The van der Waals surface area contributed by atoms with E-state index in [-0.39, 0.29) is 41.1 Å². The number of carbonyl (C=O) groups is 3. The highest BCUT2D eigenvalue weighted by Gasteiger charge is 2.46. The number of cyclic esters (lactones) is 1. The highest BCUT2D eigenvalue weighted by molar-refractivity contribution is 8.82. The number of carbonyl (C=O) groups excluding carboxylic acids is 3. The van der Waals surface area contributed by atoms with Gasteiger partial charge in [-0.1, -0.05) is 38.5 Å². The number of alkyl carbamates (subject to hydrolysis) is 1. The molecule has 2 aliphatic heterocycles. The number of aryl methyl sites for hydroxylation is 1. The second kappa shape index (κ2) is 11.9. The largest absolute Gasteiger partial charge is 0.458 e. The Labute approximate surface area is 279 Å². The molecule has 0 saturated carbocycles. The zero-order valence-electron chi connectivity index (χ0n) is 27.4. The Morgan fingerprint density at radius 3 is 2.64 bits per heavy atom. The van der Waals surface area contributed by atoms with Crippen LogP contribution >= 0.6 is 21.6 Å². The molecule has 4 atom stereocenters. The Balaban J connectivity index is 1.37. The predicted molar refractivity (Wildman–Crippen MR) is 178 cm³/mol. The number of halogens is 1. The molecule has 1 aliphatic carbocycles. The van der Waals surface area contributed by atoms with Crippen molar-refractivity contribution < 1.29 is 33.4 Å². The third-order valence-corrected chi connectivity index (χ3v) is 12.7. The van der Waals surface area contributed by atoms with Crippen molar-refractivity contribution in [2.45, 2.75) is 104 Å². The van der Waals surface area contributed by atoms with Crippen molar-refractivity contribution in [3.63, 3.8) is 0 Å². The van der Waals surface area contributed by atoms with Gasteiger partial charge >= 0.3 is 12.1 Å². The fourth-order valence-electron chi connectivity index (χ4n) is 6.46. The number of hydrogen-bond acceptors (Lipinski definition) is 10. The monoisotopic (exact) mass is 683 g/mol. The number of pyridine rings is 2. The molecule has 47 heavy (non-hydrogen) atoms. The van der Waals surface area contributed by atoms with Crippen molar-refractivity contribution in [2.24, 2.45) is 5.41 Å². The van der Waals surface area contributed by atoms with E-state index in [0.29, 0.717) is 40.9 Å². The lowest BCUT2D eigenvalue weighted by Gasteiger charge is -2.31. The number of hydrogen-bond donors (Lipinski definition) is 2. The molecule has 0 fully saturated rings. The molecular weight excluding hydrogens is 646 g/mol. The third kappa shape index (κ3) is 5.53. The van der Waals surface area contributed by atoms with Crippen LogP contribution in [-0.2, 0) is 44.2 Å². The van der Waals surface area contributed by atoms with E-state index in [1.54, 1.807) is 26.8 Å². The van der Waals surface area contributed by atoms with Crippen LogP contribution in [0.4, 0.5) is 9.18 Å². The van der Waals surface area contributed by atoms with Crippen LogP contribution in [0, 0.1) is 18.2 Å². The number of nitrogens with zero attached hydrogens (tertiary/aromatic N) is 2. The number of esters is 1. The molecule has 13 heteroatoms. The summed E-state index contributed by atoms with van der Waals surface area (Å²) in [5.74, 6) is -1.22. The van der Waals surface area contributed by atoms with Crippen LogP contribution in [0.15, 0.2) is 16.9 Å². The summed E-state index contributed by atoms with van der Waals surface area (Å²) in [5, 5.41) is 14.9. The number of nitrogens with one attached hydrogen (secondary N) is 1. The van der Waals surface area contributed by atoms with Gasteiger partial charge in [0.2, 0.25) is 5.12 Å². The Morgan fingerprint density at radius 2 is 1.96 bits per heavy atom. The smallest absolute Gasteiger partial charge is 0.407 e. The van der Waals surface area contributed by atoms with Crippen LogP contribution in [0.1, 0.15) is 93.8 Å². The summed E-state index contributed by atoms with van der Waals surface area (Å²) in [6, 6.07) is 2.46. The highest BCUT2D eigenvalue weighted by Crippen LogP contribution is 2.46. The summed E-state index contributed by atoms with van der Waals surface area (Å²) in [7, 11) is 2.51. The first kappa shape index (κ1) is 33.5. The molecule has 3 aromatic rings. The van der Waals surface area contributed by atoms with Crippen molar-refractivity contribution in [2.75, 3.05) is 0 Å². The number of fused-ring (bicyclic) bond motifs is 5. The van der Waals surface area contributed by atoms with Gasteiger partial charge in [-0.15, -0.1) is 0 Å². The van der Waals surface area contributed by atoms with E-state index in [1.807, 2.05) is 27.7 Å². The van der Waals surface area contributed by atoms with Gasteiger partial charge in [0.15, 0.2) is 5.60 Å². The van der Waals surface area contributed by atoms with Crippen LogP contribution in [0.5, 0.6) is 0 Å². The number of aromatic nitrogens is 2. The SMILES string of the molecule is CC[C@@]1(O)C(=O)OCc2c1cc1n(c2=O)Cc2c-1nc1cc(F)c(C)c3c1c2[C@@H](NC(=O)O[C@@H](C)[C@H](C)SSC(=O)C(C)(C)C)CC3. The van der Waals surface area contributed by atoms with Gasteiger partial charge in [-0.2, -0.15) is 0 Å². The second-order valence-electron chi connectivity index (χ2n) is 13.6. The van der Waals surface area contributed by atoms with E-state index in [2.05, 4.69) is 5.32 Å². The molecule has 0 unspecified atom stereocenters. The van der Waals surface area contributed by atoms with Gasteiger partial charge in [0.05, 0.1) is 35.1 Å². The maximum Gasteiger partial charge on any atom is 0.407 e. The van der Waals surface area contributed by atoms with Gasteiger partial charge in [-0.05, 0) is 73.6 Å². The first-order valence-corrected chi connectivity index (χ1v) is 17.9. The van der Waals surface area contributed by atoms with Crippen LogP contribution in [0.3, 0.4) is 0 Å². The Bertz CT molecular complexity index is 1920. The minimum atomic E-state index is -1.98. The molecule has 2 aromatic heterocycles. The van der Waals surface area contributed by atoms with Gasteiger partial charge in [0.25, 0.3) is 5.56 Å². The van der Waals surface area contributed by atoms with E-state index in [9.17, 15) is 24.3 Å². The van der Waals surface area contributed by atoms with Gasteiger partial charge in [0, 0.05) is 33.2 Å². The van der Waals surface area contributed by atoms with Crippen LogP contribution in [0.25, 0.3) is 22.3 Å². The number of amides is 1. The zero-order valence-corrected chi connectivity index (χ0v) is 29.0. The quantitative estimate of drug-likeness (QED) is 0.185. The van der Waals surface area contributed by atoms with E-state index < -0.39 is 46.6 Å². The Morgan fingerprint density at radius 1 is 1.23 bits per heavy atom. The minimum absolute atomic E-state index is 0.00800. The summed E-state index contributed by atoms with van der Waals surface area (Å²) >= 11 is 0. The van der Waals surface area contributed by atoms with Crippen LogP contribution in [-0.4, -0.2) is 43.2 Å². The number of aliphatic hydroxyl groups is 1. The van der Waals surface area contributed by atoms with Gasteiger partial charge in [0.1, 0.15) is 18.5 Å². The van der Waals surface area contributed by atoms with E-state index in [4.69, 9.17) is 14.5 Å². The summed E-state index contributed by atoms with van der Waals surface area (Å²) in [6.07, 6.45) is -0.168. The third-order valence-electron chi connectivity index (χ3n) is 9.51. The Kier molecular flexibility index (Phi) is 8.49. The molecule has 6 rings (SSSR count). The van der Waals surface area contributed by atoms with Crippen molar-refractivity contribution in [3.05, 3.63) is 61.7 Å². The van der Waals surface area contributed by atoms with E-state index in [0.717, 1.165) is 27.3 Å². The first-order valence-electron chi connectivity index (χ1n) is 15.7. The van der Waals surface area contributed by atoms with Crippen molar-refractivity contribution in [1.29, 1.82) is 0 Å². The summed E-state index contributed by atoms with van der Waals surface area (Å²) in [4.78, 5) is 57.0. The lowest BCUT2D eigenvalue weighted by atomic mass is 9.81. The number of ether oxygens (including phenoxy) is 2. The Hall–Kier alpha value is -3.42. The fourth-order valence-corrected chi connectivity index (χ4v) is 9.10. The standard InChI is InChI=1S/C34H38FN3O7S2/c1-8-34(43)21-11-25-28-19(13-38(25)29(39)20(21)14-44-30(34)40)27-23(10-9-18-15(2)22(35)12-24(36-28)26(18)27)37-32(42)45-16(3)17(4)46-47-31(41)33(5,6)7/h11-12,16-17,23,43H,8-10,13-14H2,1-7H3,(H,37,42)/t16-,17-,23-,34-/m0/s1.